The molecule has 0 aromatic heterocycles. The Hall–Kier alpha value is -3.28. The number of carbonyl (C=O) groups is 4. The summed E-state index contributed by atoms with van der Waals surface area (Å²) in [7, 11) is 0. The Balaban J connectivity index is 0.00000288. The summed E-state index contributed by atoms with van der Waals surface area (Å²) in [5, 5.41) is 0. The van der Waals surface area contributed by atoms with E-state index in [1.165, 1.54) is 18.1 Å². The van der Waals surface area contributed by atoms with Crippen LogP contribution >= 0.6 is 0 Å². The van der Waals surface area contributed by atoms with Crippen molar-refractivity contribution in [1.29, 1.82) is 0 Å². The molecule has 2 N–H and O–H groups in total. The van der Waals surface area contributed by atoms with Crippen molar-refractivity contribution in [3.05, 3.63) is 64.7 Å². The van der Waals surface area contributed by atoms with Crippen molar-refractivity contribution in [2.24, 2.45) is 23.5 Å². The summed E-state index contributed by atoms with van der Waals surface area (Å²) in [5.41, 5.74) is 9.17. The second-order valence-corrected chi connectivity index (χ2v) is 11.4. The third-order valence-corrected chi connectivity index (χ3v) is 8.07. The first-order chi connectivity index (χ1) is 19.6. The van der Waals surface area contributed by atoms with Gasteiger partial charge in [-0.3, -0.25) is 9.59 Å². The van der Waals surface area contributed by atoms with Crippen LogP contribution in [0.3, 0.4) is 0 Å². The van der Waals surface area contributed by atoms with E-state index in [4.69, 9.17) is 10.5 Å². The maximum Gasteiger partial charge on any atom is 0.409 e. The standard InChI is InChI=1S/C33H43NO5.C2H6.H2/c1-22-7-10-25(11-8-22)5-4-6-30(36)28-16-13-26(14-17-28)15-18-29(19-24(3)35)31(37)20-27-12-9-23(2)32(21-27)39-33(34)38;1-2;/h7-12,21,26,28-29H,4-6,13-20H2,1-3H3,(H2,34,38);1-2H3;1H. The van der Waals surface area contributed by atoms with Gasteiger partial charge in [-0.15, -0.1) is 0 Å². The summed E-state index contributed by atoms with van der Waals surface area (Å²) in [5.74, 6) is 1.09. The first kappa shape index (κ1) is 33.9. The summed E-state index contributed by atoms with van der Waals surface area (Å²) in [6.07, 6.45) is 7.42. The zero-order chi connectivity index (χ0) is 30.4. The number of hydrogen-bond donors (Lipinski definition) is 1. The number of amides is 1. The van der Waals surface area contributed by atoms with Gasteiger partial charge in [-0.05, 0) is 101 Å². The minimum Gasteiger partial charge on any atom is -0.410 e. The molecule has 1 aliphatic rings. The SMILES string of the molecule is CC.CC(=O)CC(CCC1CCC(C(=O)CCCc2ccc(C)cc2)CC1)C(=O)Cc1ccc(C)c(OC(N)=O)c1.[HH]. The first-order valence-electron chi connectivity index (χ1n) is 15.3. The van der Waals surface area contributed by atoms with Crippen molar-refractivity contribution in [1.82, 2.24) is 0 Å². The maximum absolute atomic E-state index is 13.2. The molecule has 1 unspecified atom stereocenters. The smallest absolute Gasteiger partial charge is 0.409 e. The predicted molar refractivity (Wildman–Crippen MR) is 166 cm³/mol. The molecule has 0 aliphatic heterocycles. The monoisotopic (exact) mass is 565 g/mol. The molecule has 6 heteroatoms. The number of rotatable bonds is 14. The molecule has 1 amide bonds. The third-order valence-electron chi connectivity index (χ3n) is 8.07. The topological polar surface area (TPSA) is 104 Å². The van der Waals surface area contributed by atoms with Gasteiger partial charge in [0.25, 0.3) is 0 Å². The van der Waals surface area contributed by atoms with E-state index < -0.39 is 6.09 Å². The van der Waals surface area contributed by atoms with Gasteiger partial charge in [-0.2, -0.15) is 0 Å². The lowest BCUT2D eigenvalue weighted by Crippen LogP contribution is -2.24. The van der Waals surface area contributed by atoms with Crippen LogP contribution in [0, 0.1) is 31.6 Å². The van der Waals surface area contributed by atoms with Crippen LogP contribution in [-0.2, 0) is 27.2 Å². The van der Waals surface area contributed by atoms with Crippen LogP contribution in [0.1, 0.15) is 102 Å². The van der Waals surface area contributed by atoms with Gasteiger partial charge in [0.2, 0.25) is 0 Å². The van der Waals surface area contributed by atoms with Crippen LogP contribution in [0.25, 0.3) is 0 Å². The van der Waals surface area contributed by atoms with Crippen molar-refractivity contribution in [3.8, 4) is 5.75 Å². The number of benzene rings is 2. The summed E-state index contributed by atoms with van der Waals surface area (Å²) >= 11 is 0. The molecule has 1 saturated carbocycles. The number of ketones is 3. The molecule has 6 nitrogen and oxygen atoms in total. The maximum atomic E-state index is 13.2. The number of aryl methyl sites for hydroxylation is 3. The fourth-order valence-corrected chi connectivity index (χ4v) is 5.68. The molecule has 3 rings (SSSR count). The zero-order valence-electron chi connectivity index (χ0n) is 25.7. The lowest BCUT2D eigenvalue weighted by molar-refractivity contribution is -0.127. The summed E-state index contributed by atoms with van der Waals surface area (Å²) in [4.78, 5) is 49.1. The molecule has 1 atom stereocenters. The number of Topliss-reactive ketones (excluding diaryl/α,β-unsaturated/α-hetero) is 3. The van der Waals surface area contributed by atoms with E-state index in [1.807, 2.05) is 19.9 Å². The van der Waals surface area contributed by atoms with Crippen molar-refractivity contribution >= 4 is 23.4 Å². The first-order valence-corrected chi connectivity index (χ1v) is 15.3. The molecule has 226 valence electrons. The van der Waals surface area contributed by atoms with E-state index in [9.17, 15) is 19.2 Å². The molecule has 0 heterocycles. The Kier molecular flexibility index (Phi) is 14.5. The van der Waals surface area contributed by atoms with E-state index in [2.05, 4.69) is 31.2 Å². The minimum atomic E-state index is -0.894. The Morgan fingerprint density at radius 1 is 0.951 bits per heavy atom. The van der Waals surface area contributed by atoms with Crippen LogP contribution in [0.5, 0.6) is 5.75 Å². The second-order valence-electron chi connectivity index (χ2n) is 11.4. The Bertz CT molecular complexity index is 1150. The largest absolute Gasteiger partial charge is 0.410 e. The molecule has 2 aromatic rings. The predicted octanol–water partition coefficient (Wildman–Crippen LogP) is 7.92. The molecular weight excluding hydrogens is 514 g/mol. The summed E-state index contributed by atoms with van der Waals surface area (Å²) in [6, 6.07) is 13.8. The minimum absolute atomic E-state index is 0. The highest BCUT2D eigenvalue weighted by atomic mass is 16.5. The average molecular weight is 566 g/mol. The lowest BCUT2D eigenvalue weighted by Gasteiger charge is -2.28. The highest BCUT2D eigenvalue weighted by Gasteiger charge is 2.28. The van der Waals surface area contributed by atoms with Gasteiger partial charge in [0, 0.05) is 32.5 Å². The van der Waals surface area contributed by atoms with Gasteiger partial charge < -0.3 is 15.3 Å². The molecule has 1 fully saturated rings. The van der Waals surface area contributed by atoms with Crippen molar-refractivity contribution < 1.29 is 25.3 Å². The van der Waals surface area contributed by atoms with E-state index in [1.54, 1.807) is 19.1 Å². The van der Waals surface area contributed by atoms with Crippen LogP contribution in [0.2, 0.25) is 0 Å². The number of ether oxygens (including phenoxy) is 1. The average Bonchev–Trinajstić information content (AvgIpc) is 2.94. The number of primary amides is 1. The van der Waals surface area contributed by atoms with Crippen LogP contribution < -0.4 is 10.5 Å². The summed E-state index contributed by atoms with van der Waals surface area (Å²) in [6.45, 7) is 9.41. The number of nitrogens with two attached hydrogens (primary N) is 1. The zero-order valence-corrected chi connectivity index (χ0v) is 25.7. The van der Waals surface area contributed by atoms with Crippen LogP contribution in [0.4, 0.5) is 4.79 Å². The van der Waals surface area contributed by atoms with Gasteiger partial charge in [-0.1, -0.05) is 55.8 Å². The lowest BCUT2D eigenvalue weighted by atomic mass is 9.76. The number of carbonyl (C=O) groups excluding carboxylic acids is 4. The van der Waals surface area contributed by atoms with Gasteiger partial charge in [0.05, 0.1) is 0 Å². The molecule has 0 saturated heterocycles. The van der Waals surface area contributed by atoms with E-state index in [0.717, 1.165) is 56.1 Å². The van der Waals surface area contributed by atoms with Gasteiger partial charge in [0.15, 0.2) is 0 Å². The Morgan fingerprint density at radius 3 is 2.20 bits per heavy atom. The Morgan fingerprint density at radius 2 is 1.59 bits per heavy atom. The molecule has 0 spiro atoms. The highest BCUT2D eigenvalue weighted by Crippen LogP contribution is 2.34. The molecular formula is C35H51NO5. The van der Waals surface area contributed by atoms with Crippen molar-refractivity contribution in [2.45, 2.75) is 105 Å². The molecule has 2 aromatic carbocycles. The van der Waals surface area contributed by atoms with Gasteiger partial charge >= 0.3 is 6.09 Å². The molecule has 1 aliphatic carbocycles. The fourth-order valence-electron chi connectivity index (χ4n) is 5.68. The van der Waals surface area contributed by atoms with E-state index in [-0.39, 0.29) is 37.7 Å². The third kappa shape index (κ3) is 12.0. The van der Waals surface area contributed by atoms with Crippen molar-refractivity contribution in [2.75, 3.05) is 0 Å². The molecule has 41 heavy (non-hydrogen) atoms. The Labute approximate surface area is 247 Å². The van der Waals surface area contributed by atoms with Gasteiger partial charge in [0.1, 0.15) is 23.1 Å². The second kappa shape index (κ2) is 17.5. The van der Waals surface area contributed by atoms with Crippen LogP contribution in [0.15, 0.2) is 42.5 Å². The molecule has 0 radical (unpaired) electrons. The van der Waals surface area contributed by atoms with E-state index in [0.29, 0.717) is 30.3 Å². The fraction of sp³-hybridized carbons (Fsp3) is 0.543. The van der Waals surface area contributed by atoms with Crippen molar-refractivity contribution in [3.63, 3.8) is 0 Å². The van der Waals surface area contributed by atoms with Crippen LogP contribution in [-0.4, -0.2) is 23.4 Å². The highest BCUT2D eigenvalue weighted by molar-refractivity contribution is 5.88. The van der Waals surface area contributed by atoms with Gasteiger partial charge in [-0.25, -0.2) is 4.79 Å². The normalized spacial score (nSPS) is 17.1. The quantitative estimate of drug-likeness (QED) is 0.251. The van der Waals surface area contributed by atoms with E-state index >= 15 is 0 Å². The number of hydrogen-bond acceptors (Lipinski definition) is 5. The summed E-state index contributed by atoms with van der Waals surface area (Å²) < 4.78 is 5.04. The molecule has 0 bridgehead atoms.